The maximum Gasteiger partial charge on any atom is 0.247 e. The number of aryl methyl sites for hydroxylation is 2. The molecule has 118 valence electrons. The molecule has 21 heavy (non-hydrogen) atoms. The normalized spacial score (nSPS) is 20.5. The van der Waals surface area contributed by atoms with Crippen LogP contribution in [0.4, 0.5) is 0 Å². The van der Waals surface area contributed by atoms with E-state index < -0.39 is 10.0 Å². The third-order valence-corrected chi connectivity index (χ3v) is 5.98. The molecule has 0 aliphatic carbocycles. The molecule has 0 radical (unpaired) electrons. The zero-order valence-corrected chi connectivity index (χ0v) is 13.7. The molecule has 0 saturated carbocycles. The molecule has 1 saturated heterocycles. The molecule has 6 heteroatoms. The van der Waals surface area contributed by atoms with Crippen molar-refractivity contribution < 1.29 is 13.2 Å². The summed E-state index contributed by atoms with van der Waals surface area (Å²) < 4.78 is 33.0. The molecule has 1 fully saturated rings. The quantitative estimate of drug-likeness (QED) is 0.920. The van der Waals surface area contributed by atoms with E-state index >= 15 is 0 Å². The largest absolute Gasteiger partial charge is 0.495 e. The van der Waals surface area contributed by atoms with Gasteiger partial charge in [-0.2, -0.15) is 4.31 Å². The van der Waals surface area contributed by atoms with Gasteiger partial charge in [0, 0.05) is 19.1 Å². The number of hydrogen-bond donors (Lipinski definition) is 1. The first-order valence-electron chi connectivity index (χ1n) is 7.29. The van der Waals surface area contributed by atoms with Crippen molar-refractivity contribution >= 4 is 10.0 Å². The third kappa shape index (κ3) is 3.07. The van der Waals surface area contributed by atoms with E-state index in [1.165, 1.54) is 7.11 Å². The molecular formula is C15H24N2O3S. The highest BCUT2D eigenvalue weighted by Gasteiger charge is 2.35. The van der Waals surface area contributed by atoms with E-state index in [9.17, 15) is 8.42 Å². The Labute approximate surface area is 127 Å². The second-order valence-corrected chi connectivity index (χ2v) is 7.47. The Morgan fingerprint density at radius 2 is 2.05 bits per heavy atom. The number of piperidine rings is 1. The standard InChI is InChI=1S/C15H24N2O3S/c1-11-8-12(2)15(20-3)14(9-11)21(18,19)17-7-5-4-6-13(17)10-16/h8-9,13H,4-7,10,16H2,1-3H3. The lowest BCUT2D eigenvalue weighted by Gasteiger charge is -2.34. The molecule has 1 heterocycles. The third-order valence-electron chi connectivity index (χ3n) is 4.02. The van der Waals surface area contributed by atoms with Crippen LogP contribution in [-0.4, -0.2) is 39.0 Å². The molecule has 0 amide bonds. The minimum absolute atomic E-state index is 0.116. The molecule has 5 nitrogen and oxygen atoms in total. The summed E-state index contributed by atoms with van der Waals surface area (Å²) >= 11 is 0. The molecular weight excluding hydrogens is 288 g/mol. The number of rotatable bonds is 4. The van der Waals surface area contributed by atoms with E-state index in [0.29, 0.717) is 18.8 Å². The fraction of sp³-hybridized carbons (Fsp3) is 0.600. The fourth-order valence-electron chi connectivity index (χ4n) is 3.02. The van der Waals surface area contributed by atoms with Crippen molar-refractivity contribution in [3.05, 3.63) is 23.3 Å². The van der Waals surface area contributed by atoms with Crippen LogP contribution in [0.5, 0.6) is 5.75 Å². The second-order valence-electron chi connectivity index (χ2n) is 5.61. The first-order chi connectivity index (χ1) is 9.91. The van der Waals surface area contributed by atoms with Crippen molar-refractivity contribution in [2.24, 2.45) is 5.73 Å². The molecule has 1 aliphatic heterocycles. The minimum atomic E-state index is -3.58. The lowest BCUT2D eigenvalue weighted by Crippen LogP contribution is -2.47. The van der Waals surface area contributed by atoms with E-state index in [4.69, 9.17) is 10.5 Å². The minimum Gasteiger partial charge on any atom is -0.495 e. The molecule has 0 bridgehead atoms. The van der Waals surface area contributed by atoms with Crippen molar-refractivity contribution in [3.8, 4) is 5.75 Å². The smallest absolute Gasteiger partial charge is 0.247 e. The van der Waals surface area contributed by atoms with Gasteiger partial charge in [0.25, 0.3) is 0 Å². The summed E-state index contributed by atoms with van der Waals surface area (Å²) in [4.78, 5) is 0.253. The van der Waals surface area contributed by atoms with Crippen molar-refractivity contribution in [2.45, 2.75) is 44.0 Å². The van der Waals surface area contributed by atoms with Gasteiger partial charge in [-0.25, -0.2) is 8.42 Å². The average Bonchev–Trinajstić information content (AvgIpc) is 2.46. The number of benzene rings is 1. The van der Waals surface area contributed by atoms with Gasteiger partial charge >= 0.3 is 0 Å². The molecule has 0 spiro atoms. The summed E-state index contributed by atoms with van der Waals surface area (Å²) in [5, 5.41) is 0. The van der Waals surface area contributed by atoms with E-state index in [1.54, 1.807) is 10.4 Å². The zero-order valence-electron chi connectivity index (χ0n) is 12.9. The summed E-state index contributed by atoms with van der Waals surface area (Å²) in [6.45, 7) is 4.64. The summed E-state index contributed by atoms with van der Waals surface area (Å²) in [5.74, 6) is 0.432. The predicted molar refractivity (Wildman–Crippen MR) is 83.1 cm³/mol. The summed E-state index contributed by atoms with van der Waals surface area (Å²) in [6.07, 6.45) is 2.73. The van der Waals surface area contributed by atoms with Gasteiger partial charge < -0.3 is 10.5 Å². The Morgan fingerprint density at radius 1 is 1.33 bits per heavy atom. The molecule has 1 atom stereocenters. The van der Waals surface area contributed by atoms with Gasteiger partial charge in [-0.3, -0.25) is 0 Å². The van der Waals surface area contributed by atoms with Crippen molar-refractivity contribution in [1.29, 1.82) is 0 Å². The Bertz CT molecular complexity index is 614. The fourth-order valence-corrected chi connectivity index (χ4v) is 5.04. The lowest BCUT2D eigenvalue weighted by atomic mass is 10.1. The highest BCUT2D eigenvalue weighted by Crippen LogP contribution is 2.33. The maximum absolute atomic E-state index is 13.0. The molecule has 0 aromatic heterocycles. The predicted octanol–water partition coefficient (Wildman–Crippen LogP) is 1.81. The number of sulfonamides is 1. The monoisotopic (exact) mass is 312 g/mol. The Kier molecular flexibility index (Phi) is 4.91. The van der Waals surface area contributed by atoms with Crippen LogP contribution in [0.2, 0.25) is 0 Å². The molecule has 1 aromatic rings. The van der Waals surface area contributed by atoms with Crippen LogP contribution in [0.15, 0.2) is 17.0 Å². The maximum atomic E-state index is 13.0. The topological polar surface area (TPSA) is 72.6 Å². The first-order valence-corrected chi connectivity index (χ1v) is 8.73. The number of methoxy groups -OCH3 is 1. The van der Waals surface area contributed by atoms with Gasteiger partial charge in [-0.1, -0.05) is 12.5 Å². The van der Waals surface area contributed by atoms with Crippen molar-refractivity contribution in [2.75, 3.05) is 20.2 Å². The summed E-state index contributed by atoms with van der Waals surface area (Å²) in [5.41, 5.74) is 7.50. The number of ether oxygens (including phenoxy) is 1. The van der Waals surface area contributed by atoms with Gasteiger partial charge in [-0.15, -0.1) is 0 Å². The first kappa shape index (κ1) is 16.3. The molecule has 2 N–H and O–H groups in total. The van der Waals surface area contributed by atoms with Crippen LogP contribution in [0.1, 0.15) is 30.4 Å². The molecule has 1 aromatic carbocycles. The Hall–Kier alpha value is -1.11. The van der Waals surface area contributed by atoms with Gasteiger partial charge in [0.1, 0.15) is 10.6 Å². The van der Waals surface area contributed by atoms with Crippen LogP contribution in [0.25, 0.3) is 0 Å². The van der Waals surface area contributed by atoms with E-state index in [0.717, 1.165) is 30.4 Å². The second kappa shape index (κ2) is 6.34. The summed E-state index contributed by atoms with van der Waals surface area (Å²) in [7, 11) is -2.08. The van der Waals surface area contributed by atoms with Crippen molar-refractivity contribution in [1.82, 2.24) is 4.31 Å². The highest BCUT2D eigenvalue weighted by molar-refractivity contribution is 7.89. The molecule has 2 rings (SSSR count). The van der Waals surface area contributed by atoms with E-state index in [1.807, 2.05) is 19.9 Å². The van der Waals surface area contributed by atoms with Crippen LogP contribution in [0.3, 0.4) is 0 Å². The Balaban J connectivity index is 2.53. The lowest BCUT2D eigenvalue weighted by molar-refractivity contribution is 0.256. The molecule has 1 aliphatic rings. The number of nitrogens with two attached hydrogens (primary N) is 1. The average molecular weight is 312 g/mol. The highest BCUT2D eigenvalue weighted by atomic mass is 32.2. The Morgan fingerprint density at radius 3 is 2.67 bits per heavy atom. The van der Waals surface area contributed by atoms with Crippen LogP contribution in [0, 0.1) is 13.8 Å². The van der Waals surface area contributed by atoms with Crippen molar-refractivity contribution in [3.63, 3.8) is 0 Å². The van der Waals surface area contributed by atoms with E-state index in [-0.39, 0.29) is 10.9 Å². The van der Waals surface area contributed by atoms with Crippen LogP contribution >= 0.6 is 0 Å². The molecule has 1 unspecified atom stereocenters. The van der Waals surface area contributed by atoms with Gasteiger partial charge in [0.05, 0.1) is 7.11 Å². The van der Waals surface area contributed by atoms with Gasteiger partial charge in [0.2, 0.25) is 10.0 Å². The van der Waals surface area contributed by atoms with Crippen LogP contribution in [-0.2, 0) is 10.0 Å². The SMILES string of the molecule is COc1c(C)cc(C)cc1S(=O)(=O)N1CCCCC1CN. The van der Waals surface area contributed by atoms with Crippen LogP contribution < -0.4 is 10.5 Å². The van der Waals surface area contributed by atoms with Gasteiger partial charge in [-0.05, 0) is 43.9 Å². The number of hydrogen-bond acceptors (Lipinski definition) is 4. The zero-order chi connectivity index (χ0) is 15.6. The number of nitrogens with zero attached hydrogens (tertiary/aromatic N) is 1. The van der Waals surface area contributed by atoms with E-state index in [2.05, 4.69) is 0 Å². The summed E-state index contributed by atoms with van der Waals surface area (Å²) in [6, 6.07) is 3.49. The van der Waals surface area contributed by atoms with Gasteiger partial charge in [0.15, 0.2) is 0 Å².